The van der Waals surface area contributed by atoms with Crippen LogP contribution >= 0.6 is 23.5 Å². The second-order valence-corrected chi connectivity index (χ2v) is 4.05. The maximum atomic E-state index is 2.13. The summed E-state index contributed by atoms with van der Waals surface area (Å²) in [5.41, 5.74) is 0. The fraction of sp³-hybridized carbons (Fsp3) is 0.500. The second-order valence-electron chi connectivity index (χ2n) is 1.60. The molecule has 0 radical (unpaired) electrons. The summed E-state index contributed by atoms with van der Waals surface area (Å²) in [6.07, 6.45) is 6.40. The van der Waals surface area contributed by atoms with Crippen molar-refractivity contribution in [3.05, 3.63) is 4.51 Å². The molecule has 0 saturated carbocycles. The van der Waals surface area contributed by atoms with Crippen LogP contribution in [0.25, 0.3) is 0 Å². The van der Waals surface area contributed by atoms with Gasteiger partial charge in [-0.25, -0.2) is 0 Å². The zero-order valence-corrected chi connectivity index (χ0v) is 8.17. The first-order valence-corrected chi connectivity index (χ1v) is 6.26. The van der Waals surface area contributed by atoms with Crippen molar-refractivity contribution in [2.24, 2.45) is 0 Å². The monoisotopic (exact) mass is 177 g/mol. The van der Waals surface area contributed by atoms with Gasteiger partial charge in [-0.05, 0) is 12.5 Å². The molecule has 0 aliphatic carbocycles. The molecule has 0 aliphatic heterocycles. The molecule has 0 atom stereocenters. The Morgan fingerprint density at radius 3 is 1.67 bits per heavy atom. The molecule has 0 aromatic heterocycles. The zero-order valence-electron chi connectivity index (χ0n) is 5.72. The van der Waals surface area contributed by atoms with E-state index in [9.17, 15) is 0 Å². The minimum absolute atomic E-state index is 1.51. The van der Waals surface area contributed by atoms with Crippen LogP contribution in [0.15, 0.2) is 9.79 Å². The van der Waals surface area contributed by atoms with Crippen molar-refractivity contribution < 1.29 is 0 Å². The van der Waals surface area contributed by atoms with Crippen LogP contribution in [0.4, 0.5) is 0 Å². The molecule has 0 amide bonds. The quantitative estimate of drug-likeness (QED) is 0.386. The van der Waals surface area contributed by atoms with Gasteiger partial charge in [-0.15, -0.1) is 23.5 Å². The SMILES string of the molecule is CSc1c(SC)c1=[S+]C. The molecule has 1 aromatic rings. The van der Waals surface area contributed by atoms with Crippen molar-refractivity contribution in [2.45, 2.75) is 9.79 Å². The highest BCUT2D eigenvalue weighted by atomic mass is 32.2. The summed E-state index contributed by atoms with van der Waals surface area (Å²) < 4.78 is 1.51. The highest BCUT2D eigenvalue weighted by Crippen LogP contribution is 2.39. The molecule has 1 rings (SSSR count). The molecule has 0 saturated heterocycles. The molecule has 0 bridgehead atoms. The number of thioether (sulfide) groups is 2. The van der Waals surface area contributed by atoms with Crippen LogP contribution in [0.3, 0.4) is 0 Å². The van der Waals surface area contributed by atoms with Crippen molar-refractivity contribution >= 4 is 34.9 Å². The lowest BCUT2D eigenvalue weighted by Gasteiger charge is -1.72. The molecule has 0 nitrogen and oxygen atoms in total. The van der Waals surface area contributed by atoms with E-state index >= 15 is 0 Å². The molecular formula is C6H9S3+. The molecular weight excluding hydrogens is 168 g/mol. The summed E-state index contributed by atoms with van der Waals surface area (Å²) in [5.74, 6) is 0. The van der Waals surface area contributed by atoms with E-state index in [1.807, 2.05) is 34.9 Å². The van der Waals surface area contributed by atoms with E-state index in [-0.39, 0.29) is 0 Å². The molecule has 3 heteroatoms. The Balaban J connectivity index is 2.80. The smallest absolute Gasteiger partial charge is 0.122 e. The summed E-state index contributed by atoms with van der Waals surface area (Å²) in [6.45, 7) is 0. The highest BCUT2D eigenvalue weighted by Gasteiger charge is 2.24. The normalized spacial score (nSPS) is 10.6. The number of hydrogen-bond acceptors (Lipinski definition) is 2. The summed E-state index contributed by atoms with van der Waals surface area (Å²) in [5, 5.41) is 0. The van der Waals surface area contributed by atoms with Crippen LogP contribution in [0.2, 0.25) is 0 Å². The van der Waals surface area contributed by atoms with E-state index < -0.39 is 0 Å². The van der Waals surface area contributed by atoms with Crippen molar-refractivity contribution in [3.63, 3.8) is 0 Å². The Hall–Kier alpha value is 0.530. The minimum Gasteiger partial charge on any atom is -0.122 e. The van der Waals surface area contributed by atoms with E-state index in [0.717, 1.165) is 0 Å². The van der Waals surface area contributed by atoms with Crippen LogP contribution in [0.5, 0.6) is 0 Å². The van der Waals surface area contributed by atoms with Crippen LogP contribution in [0.1, 0.15) is 0 Å². The van der Waals surface area contributed by atoms with Gasteiger partial charge in [0.15, 0.2) is 17.6 Å². The molecule has 0 N–H and O–H groups in total. The molecule has 9 heavy (non-hydrogen) atoms. The van der Waals surface area contributed by atoms with Gasteiger partial charge in [-0.2, -0.15) is 0 Å². The van der Waals surface area contributed by atoms with Crippen molar-refractivity contribution in [1.29, 1.82) is 0 Å². The lowest BCUT2D eigenvalue weighted by Crippen LogP contribution is -1.46. The second kappa shape index (κ2) is 3.08. The summed E-state index contributed by atoms with van der Waals surface area (Å²) in [7, 11) is 0. The largest absolute Gasteiger partial charge is 0.253 e. The molecule has 0 fully saturated rings. The average molecular weight is 177 g/mol. The fourth-order valence-corrected chi connectivity index (χ4v) is 3.96. The van der Waals surface area contributed by atoms with Gasteiger partial charge in [-0.3, -0.25) is 0 Å². The third-order valence-corrected chi connectivity index (χ3v) is 4.01. The van der Waals surface area contributed by atoms with Gasteiger partial charge in [0, 0.05) is 0 Å². The van der Waals surface area contributed by atoms with Crippen LogP contribution in [0, 0.1) is 4.51 Å². The minimum atomic E-state index is 1.51. The summed E-state index contributed by atoms with van der Waals surface area (Å²) >= 11 is 5.57. The zero-order chi connectivity index (χ0) is 6.85. The van der Waals surface area contributed by atoms with Gasteiger partial charge >= 0.3 is 0 Å². The Morgan fingerprint density at radius 1 is 1.11 bits per heavy atom. The number of rotatable bonds is 2. The first-order chi connectivity index (χ1) is 4.35. The van der Waals surface area contributed by atoms with Gasteiger partial charge in [0.2, 0.25) is 0 Å². The lowest BCUT2D eigenvalue weighted by molar-refractivity contribution is 1.66. The highest BCUT2D eigenvalue weighted by molar-refractivity contribution is 8.02. The van der Waals surface area contributed by atoms with Crippen molar-refractivity contribution in [3.8, 4) is 0 Å². The lowest BCUT2D eigenvalue weighted by atomic mass is 11.1. The Morgan fingerprint density at radius 2 is 1.56 bits per heavy atom. The standard InChI is InChI=1S/C6H9S3/c1-7-4-5(8-2)6(4)9-3/h1-3H3/q+1. The number of hydrogen-bond donors (Lipinski definition) is 0. The van der Waals surface area contributed by atoms with Crippen molar-refractivity contribution in [2.75, 3.05) is 18.8 Å². The van der Waals surface area contributed by atoms with Gasteiger partial charge < -0.3 is 0 Å². The van der Waals surface area contributed by atoms with Gasteiger partial charge in [0.25, 0.3) is 4.51 Å². The maximum Gasteiger partial charge on any atom is 0.253 e. The summed E-state index contributed by atoms with van der Waals surface area (Å²) in [6, 6.07) is 0. The Bertz CT molecular complexity index is 198. The van der Waals surface area contributed by atoms with E-state index in [1.165, 1.54) is 14.3 Å². The molecule has 0 unspecified atom stereocenters. The Labute approximate surface area is 68.1 Å². The molecule has 1 aromatic carbocycles. The van der Waals surface area contributed by atoms with Crippen LogP contribution < -0.4 is 0 Å². The first-order valence-electron chi connectivity index (χ1n) is 2.59. The van der Waals surface area contributed by atoms with E-state index in [1.54, 1.807) is 0 Å². The predicted octanol–water partition coefficient (Wildman–Crippen LogP) is 2.25. The van der Waals surface area contributed by atoms with Gasteiger partial charge in [0.1, 0.15) is 0 Å². The van der Waals surface area contributed by atoms with E-state index in [2.05, 4.69) is 18.8 Å². The molecule has 0 aliphatic rings. The van der Waals surface area contributed by atoms with Crippen molar-refractivity contribution in [1.82, 2.24) is 0 Å². The predicted molar refractivity (Wildman–Crippen MR) is 48.9 cm³/mol. The van der Waals surface area contributed by atoms with Crippen LogP contribution in [-0.2, 0) is 11.4 Å². The van der Waals surface area contributed by atoms with Crippen LogP contribution in [-0.4, -0.2) is 18.8 Å². The molecule has 0 heterocycles. The third kappa shape index (κ3) is 1.33. The van der Waals surface area contributed by atoms with E-state index in [0.29, 0.717) is 0 Å². The average Bonchev–Trinajstić information content (AvgIpc) is 2.59. The fourth-order valence-electron chi connectivity index (χ4n) is 0.695. The maximum absolute atomic E-state index is 2.13. The first kappa shape index (κ1) is 7.63. The van der Waals surface area contributed by atoms with E-state index in [4.69, 9.17) is 0 Å². The van der Waals surface area contributed by atoms with Gasteiger partial charge in [-0.1, -0.05) is 0 Å². The Kier molecular flexibility index (Phi) is 2.61. The molecule has 0 spiro atoms. The van der Waals surface area contributed by atoms with Gasteiger partial charge in [0.05, 0.1) is 9.79 Å². The summed E-state index contributed by atoms with van der Waals surface area (Å²) in [4.78, 5) is 3.02. The third-order valence-electron chi connectivity index (χ3n) is 1.17. The topological polar surface area (TPSA) is 0 Å². The molecule has 50 valence electrons.